The van der Waals surface area contributed by atoms with E-state index in [1.807, 2.05) is 0 Å². The van der Waals surface area contributed by atoms with Crippen molar-refractivity contribution in [2.75, 3.05) is 26.4 Å². The molecule has 0 radical (unpaired) electrons. The van der Waals surface area contributed by atoms with Gasteiger partial charge in [-0.1, -0.05) is 28.1 Å². The lowest BCUT2D eigenvalue weighted by atomic mass is 9.87. The van der Waals surface area contributed by atoms with Crippen molar-refractivity contribution in [1.29, 1.82) is 0 Å². The van der Waals surface area contributed by atoms with Crippen LogP contribution in [0, 0.1) is 5.92 Å². The molecule has 0 saturated carbocycles. The van der Waals surface area contributed by atoms with Crippen LogP contribution in [-0.4, -0.2) is 31.5 Å². The van der Waals surface area contributed by atoms with Crippen molar-refractivity contribution in [3.8, 4) is 0 Å². The Morgan fingerprint density at radius 2 is 1.94 bits per heavy atom. The van der Waals surface area contributed by atoms with Crippen molar-refractivity contribution in [1.82, 2.24) is 5.32 Å². The average Bonchev–Trinajstić information content (AvgIpc) is 2.42. The second kappa shape index (κ2) is 7.24. The van der Waals surface area contributed by atoms with Gasteiger partial charge in [-0.3, -0.25) is 0 Å². The van der Waals surface area contributed by atoms with E-state index in [1.165, 1.54) is 5.56 Å². The lowest BCUT2D eigenvalue weighted by molar-refractivity contribution is 0.0529. The summed E-state index contributed by atoms with van der Waals surface area (Å²) in [5, 5.41) is 12.5. The maximum atomic E-state index is 9.01. The van der Waals surface area contributed by atoms with Crippen LogP contribution in [-0.2, 0) is 4.74 Å². The molecule has 0 unspecified atom stereocenters. The van der Waals surface area contributed by atoms with Crippen molar-refractivity contribution in [2.45, 2.75) is 18.9 Å². The van der Waals surface area contributed by atoms with Gasteiger partial charge in [-0.2, -0.15) is 0 Å². The second-order valence-corrected chi connectivity index (χ2v) is 5.57. The molecule has 0 amide bonds. The molecule has 4 heteroatoms. The summed E-state index contributed by atoms with van der Waals surface area (Å²) in [6.07, 6.45) is 2.16. The fourth-order valence-corrected chi connectivity index (χ4v) is 2.76. The Balaban J connectivity index is 2.10. The third-order valence-corrected chi connectivity index (χ3v) is 3.97. The van der Waals surface area contributed by atoms with Crippen molar-refractivity contribution in [3.63, 3.8) is 0 Å². The summed E-state index contributed by atoms with van der Waals surface area (Å²) in [5.74, 6) is 0.589. The SMILES string of the molecule is OCCN[C@H](c1ccc(Br)cc1)C1CCOCC1. The van der Waals surface area contributed by atoms with E-state index in [1.54, 1.807) is 0 Å². The van der Waals surface area contributed by atoms with E-state index in [4.69, 9.17) is 9.84 Å². The van der Waals surface area contributed by atoms with Crippen LogP contribution < -0.4 is 5.32 Å². The Bertz CT molecular complexity index is 349. The first-order valence-corrected chi connectivity index (χ1v) is 7.28. The molecule has 1 aliphatic heterocycles. The highest BCUT2D eigenvalue weighted by molar-refractivity contribution is 9.10. The summed E-state index contributed by atoms with van der Waals surface area (Å²) in [6.45, 7) is 2.51. The summed E-state index contributed by atoms with van der Waals surface area (Å²) in [6, 6.07) is 8.75. The van der Waals surface area contributed by atoms with Gasteiger partial charge in [0.1, 0.15) is 0 Å². The van der Waals surface area contributed by atoms with Crippen molar-refractivity contribution < 1.29 is 9.84 Å². The van der Waals surface area contributed by atoms with Gasteiger partial charge < -0.3 is 15.2 Å². The molecule has 1 aromatic carbocycles. The highest BCUT2D eigenvalue weighted by Crippen LogP contribution is 2.30. The molecular formula is C14H20BrNO2. The fraction of sp³-hybridized carbons (Fsp3) is 0.571. The lowest BCUT2D eigenvalue weighted by Gasteiger charge is -2.31. The molecule has 100 valence electrons. The third-order valence-electron chi connectivity index (χ3n) is 3.44. The maximum Gasteiger partial charge on any atom is 0.0556 e. The van der Waals surface area contributed by atoms with Gasteiger partial charge in [-0.05, 0) is 36.5 Å². The standard InChI is InChI=1S/C14H20BrNO2/c15-13-3-1-11(2-4-13)14(16-7-8-17)12-5-9-18-10-6-12/h1-4,12,14,16-17H,5-10H2/t14-/m1/s1. The van der Waals surface area contributed by atoms with E-state index in [9.17, 15) is 0 Å². The minimum Gasteiger partial charge on any atom is -0.395 e. The van der Waals surface area contributed by atoms with E-state index in [2.05, 4.69) is 45.5 Å². The second-order valence-electron chi connectivity index (χ2n) is 4.66. The normalized spacial score (nSPS) is 18.8. The zero-order chi connectivity index (χ0) is 12.8. The Kier molecular flexibility index (Phi) is 5.63. The van der Waals surface area contributed by atoms with Gasteiger partial charge in [-0.15, -0.1) is 0 Å². The highest BCUT2D eigenvalue weighted by atomic mass is 79.9. The average molecular weight is 314 g/mol. The largest absolute Gasteiger partial charge is 0.395 e. The molecule has 18 heavy (non-hydrogen) atoms. The van der Waals surface area contributed by atoms with Gasteiger partial charge in [0.25, 0.3) is 0 Å². The first-order valence-electron chi connectivity index (χ1n) is 6.48. The molecule has 0 bridgehead atoms. The van der Waals surface area contributed by atoms with E-state index >= 15 is 0 Å². The fourth-order valence-electron chi connectivity index (χ4n) is 2.50. The van der Waals surface area contributed by atoms with Gasteiger partial charge >= 0.3 is 0 Å². The minimum atomic E-state index is 0.177. The van der Waals surface area contributed by atoms with Crippen LogP contribution in [0.2, 0.25) is 0 Å². The van der Waals surface area contributed by atoms with Crippen LogP contribution in [0.4, 0.5) is 0 Å². The van der Waals surface area contributed by atoms with Crippen LogP contribution in [0.3, 0.4) is 0 Å². The lowest BCUT2D eigenvalue weighted by Crippen LogP contribution is -2.33. The number of rotatable bonds is 5. The van der Waals surface area contributed by atoms with Gasteiger partial charge in [0.15, 0.2) is 0 Å². The first kappa shape index (κ1) is 14.0. The number of aliphatic hydroxyl groups excluding tert-OH is 1. The van der Waals surface area contributed by atoms with Gasteiger partial charge in [-0.25, -0.2) is 0 Å². The number of aliphatic hydroxyl groups is 1. The summed E-state index contributed by atoms with van der Waals surface area (Å²) < 4.78 is 6.52. The number of halogens is 1. The molecular weight excluding hydrogens is 294 g/mol. The molecule has 1 heterocycles. The first-order chi connectivity index (χ1) is 8.81. The topological polar surface area (TPSA) is 41.5 Å². The zero-order valence-electron chi connectivity index (χ0n) is 10.4. The van der Waals surface area contributed by atoms with Gasteiger partial charge in [0.05, 0.1) is 6.61 Å². The molecule has 1 fully saturated rings. The van der Waals surface area contributed by atoms with Crippen molar-refractivity contribution in [2.24, 2.45) is 5.92 Å². The van der Waals surface area contributed by atoms with Crippen LogP contribution in [0.25, 0.3) is 0 Å². The highest BCUT2D eigenvalue weighted by Gasteiger charge is 2.24. The molecule has 0 aromatic heterocycles. The minimum absolute atomic E-state index is 0.177. The molecule has 1 aliphatic rings. The third kappa shape index (κ3) is 3.79. The Morgan fingerprint density at radius 3 is 2.56 bits per heavy atom. The smallest absolute Gasteiger partial charge is 0.0556 e. The Hall–Kier alpha value is -0.420. The van der Waals surface area contributed by atoms with Crippen molar-refractivity contribution >= 4 is 15.9 Å². The number of ether oxygens (including phenoxy) is 1. The number of hydrogen-bond donors (Lipinski definition) is 2. The van der Waals surface area contributed by atoms with E-state index in [-0.39, 0.29) is 6.61 Å². The van der Waals surface area contributed by atoms with Gasteiger partial charge in [0.2, 0.25) is 0 Å². The predicted octanol–water partition coefficient (Wildman–Crippen LogP) is 2.50. The molecule has 2 N–H and O–H groups in total. The molecule has 0 aliphatic carbocycles. The number of hydrogen-bond acceptors (Lipinski definition) is 3. The quantitative estimate of drug-likeness (QED) is 0.877. The molecule has 1 aromatic rings. The monoisotopic (exact) mass is 313 g/mol. The van der Waals surface area contributed by atoms with Crippen LogP contribution in [0.1, 0.15) is 24.4 Å². The van der Waals surface area contributed by atoms with E-state index in [0.717, 1.165) is 30.5 Å². The Labute approximate surface area is 117 Å². The summed E-state index contributed by atoms with van der Waals surface area (Å²) >= 11 is 3.46. The number of benzene rings is 1. The summed E-state index contributed by atoms with van der Waals surface area (Å²) in [7, 11) is 0. The molecule has 0 spiro atoms. The summed E-state index contributed by atoms with van der Waals surface area (Å²) in [4.78, 5) is 0. The zero-order valence-corrected chi connectivity index (χ0v) is 12.0. The van der Waals surface area contributed by atoms with Crippen molar-refractivity contribution in [3.05, 3.63) is 34.3 Å². The van der Waals surface area contributed by atoms with Crippen LogP contribution in [0.5, 0.6) is 0 Å². The summed E-state index contributed by atoms with van der Waals surface area (Å²) in [5.41, 5.74) is 1.29. The number of nitrogens with one attached hydrogen (secondary N) is 1. The maximum absolute atomic E-state index is 9.01. The van der Waals surface area contributed by atoms with Crippen LogP contribution >= 0.6 is 15.9 Å². The van der Waals surface area contributed by atoms with Gasteiger partial charge in [0, 0.05) is 30.3 Å². The van der Waals surface area contributed by atoms with Crippen LogP contribution in [0.15, 0.2) is 28.7 Å². The van der Waals surface area contributed by atoms with E-state index < -0.39 is 0 Å². The van der Waals surface area contributed by atoms with E-state index in [0.29, 0.717) is 18.5 Å². The Morgan fingerprint density at radius 1 is 1.28 bits per heavy atom. The molecule has 3 nitrogen and oxygen atoms in total. The molecule has 2 rings (SSSR count). The molecule has 1 atom stereocenters. The predicted molar refractivity (Wildman–Crippen MR) is 75.5 cm³/mol. The molecule has 1 saturated heterocycles.